The molecule has 6 nitrogen and oxygen atoms in total. The highest BCUT2D eigenvalue weighted by Gasteiger charge is 2.29. The number of thiazole rings is 1. The number of anilines is 1. The van der Waals surface area contributed by atoms with Gasteiger partial charge in [-0.2, -0.15) is 4.98 Å². The van der Waals surface area contributed by atoms with Crippen LogP contribution in [0.1, 0.15) is 65.0 Å². The van der Waals surface area contributed by atoms with Crippen LogP contribution in [0.4, 0.5) is 6.01 Å². The summed E-state index contributed by atoms with van der Waals surface area (Å²) in [5, 5.41) is 11.4. The van der Waals surface area contributed by atoms with Crippen molar-refractivity contribution in [2.75, 3.05) is 18.0 Å². The van der Waals surface area contributed by atoms with Gasteiger partial charge < -0.3 is 14.4 Å². The standard InChI is InChI=1S/C24H33N3O3S2/c1-4-5-6-7-10-15-27(22-26-19-13-8-9-14-20(19)30-22)16-11-12-18-17-31-23(25-18)32-24(2,3)21(28)29/h8-9,13-14,17H,4-7,10-12,15-16H2,1-3H3,(H,28,29). The van der Waals surface area contributed by atoms with Gasteiger partial charge in [-0.3, -0.25) is 4.79 Å². The zero-order chi connectivity index (χ0) is 23.0. The van der Waals surface area contributed by atoms with E-state index in [0.717, 1.165) is 53.5 Å². The van der Waals surface area contributed by atoms with E-state index in [2.05, 4.69) is 16.8 Å². The number of carboxylic acid groups (broad SMARTS) is 1. The first-order chi connectivity index (χ1) is 15.4. The van der Waals surface area contributed by atoms with Gasteiger partial charge in [0.2, 0.25) is 0 Å². The van der Waals surface area contributed by atoms with Gasteiger partial charge in [0, 0.05) is 18.5 Å². The molecule has 2 heterocycles. The summed E-state index contributed by atoms with van der Waals surface area (Å²) < 4.78 is 5.96. The minimum Gasteiger partial charge on any atom is -0.480 e. The molecule has 32 heavy (non-hydrogen) atoms. The molecule has 0 aliphatic carbocycles. The Labute approximate surface area is 198 Å². The fourth-order valence-electron chi connectivity index (χ4n) is 3.37. The third kappa shape index (κ3) is 6.97. The number of aromatic nitrogens is 2. The van der Waals surface area contributed by atoms with Crippen molar-refractivity contribution in [2.45, 2.75) is 74.8 Å². The molecule has 0 amide bonds. The van der Waals surface area contributed by atoms with Gasteiger partial charge in [0.05, 0.1) is 5.69 Å². The second-order valence-electron chi connectivity index (χ2n) is 8.49. The number of rotatable bonds is 14. The van der Waals surface area contributed by atoms with Gasteiger partial charge in [-0.05, 0) is 45.2 Å². The zero-order valence-electron chi connectivity index (χ0n) is 19.2. The average Bonchev–Trinajstić information content (AvgIpc) is 3.38. The molecule has 0 aliphatic heterocycles. The summed E-state index contributed by atoms with van der Waals surface area (Å²) in [5.74, 6) is -0.827. The number of thioether (sulfide) groups is 1. The lowest BCUT2D eigenvalue weighted by molar-refractivity contribution is -0.138. The average molecular weight is 476 g/mol. The molecule has 0 fully saturated rings. The number of hydrogen-bond donors (Lipinski definition) is 1. The molecule has 0 aliphatic rings. The fraction of sp³-hybridized carbons (Fsp3) is 0.542. The number of aryl methyl sites for hydroxylation is 1. The molecule has 0 unspecified atom stereocenters. The topological polar surface area (TPSA) is 79.5 Å². The van der Waals surface area contributed by atoms with Crippen molar-refractivity contribution in [3.05, 3.63) is 35.3 Å². The number of carbonyl (C=O) groups is 1. The van der Waals surface area contributed by atoms with Crippen LogP contribution in [0, 0.1) is 0 Å². The molecular formula is C24H33N3O3S2. The van der Waals surface area contributed by atoms with Crippen LogP contribution in [0.15, 0.2) is 38.4 Å². The van der Waals surface area contributed by atoms with Gasteiger partial charge in [-0.15, -0.1) is 11.3 Å². The smallest absolute Gasteiger partial charge is 0.319 e. The Morgan fingerprint density at radius 2 is 1.88 bits per heavy atom. The second kappa shape index (κ2) is 11.7. The van der Waals surface area contributed by atoms with Gasteiger partial charge in [-0.25, -0.2) is 4.98 Å². The number of carboxylic acids is 1. The van der Waals surface area contributed by atoms with Crippen molar-refractivity contribution in [1.29, 1.82) is 0 Å². The number of benzene rings is 1. The molecule has 0 spiro atoms. The van der Waals surface area contributed by atoms with Gasteiger partial charge >= 0.3 is 5.97 Å². The summed E-state index contributed by atoms with van der Waals surface area (Å²) in [6.45, 7) is 7.43. The van der Waals surface area contributed by atoms with E-state index in [4.69, 9.17) is 9.40 Å². The van der Waals surface area contributed by atoms with Crippen LogP contribution < -0.4 is 4.90 Å². The maximum absolute atomic E-state index is 11.4. The van der Waals surface area contributed by atoms with E-state index in [-0.39, 0.29) is 0 Å². The second-order valence-corrected chi connectivity index (χ2v) is 11.2. The first kappa shape index (κ1) is 24.6. The van der Waals surface area contributed by atoms with E-state index in [1.165, 1.54) is 48.8 Å². The fourth-order valence-corrected chi connectivity index (χ4v) is 5.59. The molecule has 1 N–H and O–H groups in total. The van der Waals surface area contributed by atoms with Gasteiger partial charge in [0.25, 0.3) is 6.01 Å². The summed E-state index contributed by atoms with van der Waals surface area (Å²) in [7, 11) is 0. The van der Waals surface area contributed by atoms with Crippen molar-refractivity contribution >= 4 is 46.2 Å². The Bertz CT molecular complexity index is 966. The van der Waals surface area contributed by atoms with E-state index in [9.17, 15) is 9.90 Å². The minimum absolute atomic E-state index is 0.694. The van der Waals surface area contributed by atoms with E-state index < -0.39 is 10.7 Å². The summed E-state index contributed by atoms with van der Waals surface area (Å²) >= 11 is 2.82. The number of fused-ring (bicyclic) bond motifs is 1. The molecular weight excluding hydrogens is 442 g/mol. The Balaban J connectivity index is 1.58. The van der Waals surface area contributed by atoms with E-state index in [0.29, 0.717) is 6.01 Å². The largest absolute Gasteiger partial charge is 0.480 e. The van der Waals surface area contributed by atoms with Crippen molar-refractivity contribution in [3.63, 3.8) is 0 Å². The Kier molecular flexibility index (Phi) is 8.99. The molecule has 2 aromatic heterocycles. The third-order valence-corrected chi connectivity index (χ3v) is 7.51. The van der Waals surface area contributed by atoms with Gasteiger partial charge in [-0.1, -0.05) is 56.5 Å². The van der Waals surface area contributed by atoms with E-state index >= 15 is 0 Å². The van der Waals surface area contributed by atoms with Crippen LogP contribution in [0.25, 0.3) is 11.1 Å². The molecule has 0 saturated carbocycles. The maximum Gasteiger partial charge on any atom is 0.319 e. The number of oxazole rings is 1. The summed E-state index contributed by atoms with van der Waals surface area (Å²) in [6.07, 6.45) is 7.92. The third-order valence-electron chi connectivity index (χ3n) is 5.33. The molecule has 0 atom stereocenters. The number of hydrogen-bond acceptors (Lipinski definition) is 7. The van der Waals surface area contributed by atoms with Crippen molar-refractivity contribution in [1.82, 2.24) is 9.97 Å². The SMILES string of the molecule is CCCCCCCN(CCCc1csc(SC(C)(C)C(=O)O)n1)c1nc2ccccc2o1. The van der Waals surface area contributed by atoms with Gasteiger partial charge in [0.1, 0.15) is 10.3 Å². The Morgan fingerprint density at radius 3 is 2.62 bits per heavy atom. The molecule has 8 heteroatoms. The number of para-hydroxylation sites is 2. The van der Waals surface area contributed by atoms with Crippen LogP contribution in [0.3, 0.4) is 0 Å². The lowest BCUT2D eigenvalue weighted by atomic mass is 10.1. The quantitative estimate of drug-likeness (QED) is 0.206. The molecule has 174 valence electrons. The summed E-state index contributed by atoms with van der Waals surface area (Å²) in [5.41, 5.74) is 2.72. The molecule has 1 aromatic carbocycles. The number of aliphatic carboxylic acids is 1. The molecule has 3 rings (SSSR count). The first-order valence-corrected chi connectivity index (χ1v) is 13.1. The summed E-state index contributed by atoms with van der Waals surface area (Å²) in [6, 6.07) is 8.58. The Morgan fingerprint density at radius 1 is 1.12 bits per heavy atom. The summed E-state index contributed by atoms with van der Waals surface area (Å²) in [4.78, 5) is 23.0. The normalized spacial score (nSPS) is 11.8. The number of unbranched alkanes of at least 4 members (excludes halogenated alkanes) is 4. The van der Waals surface area contributed by atoms with Crippen molar-refractivity contribution < 1.29 is 14.3 Å². The van der Waals surface area contributed by atoms with E-state index in [1.54, 1.807) is 13.8 Å². The highest BCUT2D eigenvalue weighted by molar-refractivity contribution is 8.02. The van der Waals surface area contributed by atoms with Crippen molar-refractivity contribution in [2.24, 2.45) is 0 Å². The number of nitrogens with zero attached hydrogens (tertiary/aromatic N) is 3. The van der Waals surface area contributed by atoms with Crippen LogP contribution >= 0.6 is 23.1 Å². The highest BCUT2D eigenvalue weighted by Crippen LogP contribution is 2.34. The predicted molar refractivity (Wildman–Crippen MR) is 133 cm³/mol. The lowest BCUT2D eigenvalue weighted by Gasteiger charge is -2.20. The lowest BCUT2D eigenvalue weighted by Crippen LogP contribution is -2.27. The zero-order valence-corrected chi connectivity index (χ0v) is 20.8. The first-order valence-electron chi connectivity index (χ1n) is 11.4. The molecule has 0 saturated heterocycles. The minimum atomic E-state index is -0.878. The van der Waals surface area contributed by atoms with Crippen LogP contribution in [0.2, 0.25) is 0 Å². The molecule has 3 aromatic rings. The van der Waals surface area contributed by atoms with Crippen LogP contribution in [-0.2, 0) is 11.2 Å². The highest BCUT2D eigenvalue weighted by atomic mass is 32.2. The van der Waals surface area contributed by atoms with Crippen LogP contribution in [-0.4, -0.2) is 38.9 Å². The van der Waals surface area contributed by atoms with E-state index in [1.807, 2.05) is 29.6 Å². The van der Waals surface area contributed by atoms with Crippen molar-refractivity contribution in [3.8, 4) is 0 Å². The molecule has 0 bridgehead atoms. The van der Waals surface area contributed by atoms with Crippen LogP contribution in [0.5, 0.6) is 0 Å². The van der Waals surface area contributed by atoms with Gasteiger partial charge in [0.15, 0.2) is 9.92 Å². The predicted octanol–water partition coefficient (Wildman–Crippen LogP) is 6.65. The Hall–Kier alpha value is -2.06. The monoisotopic (exact) mass is 475 g/mol. The maximum atomic E-state index is 11.4. The molecule has 0 radical (unpaired) electrons.